The van der Waals surface area contributed by atoms with Crippen LogP contribution in [0.1, 0.15) is 39.0 Å². The van der Waals surface area contributed by atoms with E-state index in [4.69, 9.17) is 0 Å². The smallest absolute Gasteiger partial charge is 0.0223 e. The molecule has 3 nitrogen and oxygen atoms in total. The van der Waals surface area contributed by atoms with Crippen molar-refractivity contribution in [3.63, 3.8) is 0 Å². The largest absolute Gasteiger partial charge is 0.320 e. The summed E-state index contributed by atoms with van der Waals surface area (Å²) in [5.74, 6) is 0. The molecule has 1 unspecified atom stereocenters. The van der Waals surface area contributed by atoms with E-state index in [2.05, 4.69) is 29.1 Å². The Morgan fingerprint density at radius 3 is 2.82 bits per heavy atom. The number of likely N-dealkylation sites (tertiary alicyclic amines) is 1. The first-order chi connectivity index (χ1) is 8.27. The van der Waals surface area contributed by atoms with Crippen LogP contribution in [0.4, 0.5) is 0 Å². The summed E-state index contributed by atoms with van der Waals surface area (Å²) >= 11 is 0. The number of hydrogen-bond donors (Lipinski definition) is 1. The minimum absolute atomic E-state index is 0.822. The van der Waals surface area contributed by atoms with Gasteiger partial charge in [-0.25, -0.2) is 0 Å². The van der Waals surface area contributed by atoms with E-state index in [1.54, 1.807) is 0 Å². The monoisotopic (exact) mass is 241 g/mol. The summed E-state index contributed by atoms with van der Waals surface area (Å²) in [4.78, 5) is 5.16. The van der Waals surface area contributed by atoms with Crippen LogP contribution in [-0.2, 0) is 0 Å². The van der Waals surface area contributed by atoms with Gasteiger partial charge in [0.25, 0.3) is 0 Å². The van der Waals surface area contributed by atoms with Gasteiger partial charge in [0.05, 0.1) is 0 Å². The summed E-state index contributed by atoms with van der Waals surface area (Å²) in [6, 6.07) is 0.822. The average Bonchev–Trinajstić information content (AvgIpc) is 2.76. The molecule has 0 radical (unpaired) electrons. The van der Waals surface area contributed by atoms with Crippen LogP contribution in [0.3, 0.4) is 0 Å². The summed E-state index contributed by atoms with van der Waals surface area (Å²) < 4.78 is 0. The lowest BCUT2D eigenvalue weighted by atomic mass is 10.2. The lowest BCUT2D eigenvalue weighted by molar-refractivity contribution is 0.197. The molecular formula is C14H31N3. The highest BCUT2D eigenvalue weighted by Gasteiger charge is 2.23. The van der Waals surface area contributed by atoms with E-state index in [1.807, 2.05) is 7.05 Å². The van der Waals surface area contributed by atoms with Gasteiger partial charge in [0.15, 0.2) is 0 Å². The number of rotatable bonds is 9. The molecule has 0 aromatic carbocycles. The molecule has 0 aromatic heterocycles. The molecule has 1 rings (SSSR count). The zero-order chi connectivity index (χ0) is 12.5. The molecule has 1 aliphatic rings. The van der Waals surface area contributed by atoms with Gasteiger partial charge in [-0.15, -0.1) is 0 Å². The molecule has 0 spiro atoms. The first-order valence-electron chi connectivity index (χ1n) is 7.35. The van der Waals surface area contributed by atoms with Crippen molar-refractivity contribution < 1.29 is 0 Å². The van der Waals surface area contributed by atoms with E-state index >= 15 is 0 Å². The Kier molecular flexibility index (Phi) is 7.82. The fourth-order valence-corrected chi connectivity index (χ4v) is 2.83. The predicted octanol–water partition coefficient (Wildman–Crippen LogP) is 1.79. The Balaban J connectivity index is 2.05. The van der Waals surface area contributed by atoms with Crippen LogP contribution in [0.15, 0.2) is 0 Å². The maximum Gasteiger partial charge on any atom is 0.0223 e. The maximum atomic E-state index is 3.21. The van der Waals surface area contributed by atoms with Gasteiger partial charge in [-0.3, -0.25) is 4.90 Å². The number of hydrogen-bond acceptors (Lipinski definition) is 3. The van der Waals surface area contributed by atoms with Crippen LogP contribution in [0.5, 0.6) is 0 Å². The highest BCUT2D eigenvalue weighted by Crippen LogP contribution is 2.17. The summed E-state index contributed by atoms with van der Waals surface area (Å²) in [7, 11) is 4.32. The van der Waals surface area contributed by atoms with Crippen molar-refractivity contribution in [3.05, 3.63) is 0 Å². The second-order valence-corrected chi connectivity index (χ2v) is 5.35. The topological polar surface area (TPSA) is 18.5 Å². The molecule has 0 amide bonds. The van der Waals surface area contributed by atoms with Gasteiger partial charge in [-0.2, -0.15) is 0 Å². The zero-order valence-electron chi connectivity index (χ0n) is 12.0. The van der Waals surface area contributed by atoms with E-state index in [-0.39, 0.29) is 0 Å². The standard InChI is InChI=1S/C14H31N3/c1-4-17-12-8-9-14(17)13-16(3)11-7-5-6-10-15-2/h14-15H,4-13H2,1-3H3. The molecule has 1 heterocycles. The normalized spacial score (nSPS) is 21.5. The highest BCUT2D eigenvalue weighted by molar-refractivity contribution is 4.80. The summed E-state index contributed by atoms with van der Waals surface area (Å²) in [5.41, 5.74) is 0. The van der Waals surface area contributed by atoms with Crippen LogP contribution in [0.2, 0.25) is 0 Å². The van der Waals surface area contributed by atoms with Gasteiger partial charge in [-0.05, 0) is 66.0 Å². The van der Waals surface area contributed by atoms with Gasteiger partial charge in [0, 0.05) is 12.6 Å². The van der Waals surface area contributed by atoms with Crippen molar-refractivity contribution in [3.8, 4) is 0 Å². The third-order valence-electron chi connectivity index (χ3n) is 3.89. The molecule has 102 valence electrons. The van der Waals surface area contributed by atoms with E-state index in [0.717, 1.165) is 12.6 Å². The summed E-state index contributed by atoms with van der Waals surface area (Å²) in [6.45, 7) is 8.52. The quantitative estimate of drug-likeness (QED) is 0.621. The number of likely N-dealkylation sites (N-methyl/N-ethyl adjacent to an activating group) is 2. The van der Waals surface area contributed by atoms with Gasteiger partial charge in [-0.1, -0.05) is 13.3 Å². The molecule has 17 heavy (non-hydrogen) atoms. The summed E-state index contributed by atoms with van der Waals surface area (Å²) in [6.07, 6.45) is 6.81. The fraction of sp³-hybridized carbons (Fsp3) is 1.00. The molecule has 1 fully saturated rings. The molecule has 1 aliphatic heterocycles. The number of nitrogens with zero attached hydrogens (tertiary/aromatic N) is 2. The lowest BCUT2D eigenvalue weighted by Crippen LogP contribution is -2.39. The van der Waals surface area contributed by atoms with Crippen molar-refractivity contribution >= 4 is 0 Å². The lowest BCUT2D eigenvalue weighted by Gasteiger charge is -2.27. The molecule has 1 N–H and O–H groups in total. The average molecular weight is 241 g/mol. The van der Waals surface area contributed by atoms with E-state index in [9.17, 15) is 0 Å². The first kappa shape index (κ1) is 14.9. The van der Waals surface area contributed by atoms with Crippen molar-refractivity contribution in [2.24, 2.45) is 0 Å². The Hall–Kier alpha value is -0.120. The van der Waals surface area contributed by atoms with Crippen molar-refractivity contribution in [1.82, 2.24) is 15.1 Å². The van der Waals surface area contributed by atoms with Crippen molar-refractivity contribution in [2.45, 2.75) is 45.1 Å². The van der Waals surface area contributed by atoms with Crippen LogP contribution < -0.4 is 5.32 Å². The van der Waals surface area contributed by atoms with Crippen molar-refractivity contribution in [1.29, 1.82) is 0 Å². The molecule has 3 heteroatoms. The third-order valence-corrected chi connectivity index (χ3v) is 3.89. The van der Waals surface area contributed by atoms with Crippen molar-refractivity contribution in [2.75, 3.05) is 46.8 Å². The Labute approximate surface area is 108 Å². The minimum atomic E-state index is 0.822. The molecule has 0 aromatic rings. The number of nitrogens with one attached hydrogen (secondary N) is 1. The predicted molar refractivity (Wildman–Crippen MR) is 75.5 cm³/mol. The van der Waals surface area contributed by atoms with Gasteiger partial charge < -0.3 is 10.2 Å². The second-order valence-electron chi connectivity index (χ2n) is 5.35. The Bertz CT molecular complexity index is 184. The van der Waals surface area contributed by atoms with Gasteiger partial charge in [0.2, 0.25) is 0 Å². The number of unbranched alkanes of at least 4 members (excludes halogenated alkanes) is 2. The van der Waals surface area contributed by atoms with E-state index in [0.29, 0.717) is 0 Å². The molecule has 1 atom stereocenters. The second kappa shape index (κ2) is 8.90. The van der Waals surface area contributed by atoms with Crippen LogP contribution >= 0.6 is 0 Å². The van der Waals surface area contributed by atoms with E-state index in [1.165, 1.54) is 58.3 Å². The molecule has 1 saturated heterocycles. The molecular weight excluding hydrogens is 210 g/mol. The minimum Gasteiger partial charge on any atom is -0.320 e. The molecule has 0 bridgehead atoms. The first-order valence-corrected chi connectivity index (χ1v) is 7.35. The van der Waals surface area contributed by atoms with Gasteiger partial charge in [0.1, 0.15) is 0 Å². The Morgan fingerprint density at radius 2 is 2.12 bits per heavy atom. The Morgan fingerprint density at radius 1 is 1.29 bits per heavy atom. The highest BCUT2D eigenvalue weighted by atomic mass is 15.2. The maximum absolute atomic E-state index is 3.21. The van der Waals surface area contributed by atoms with E-state index < -0.39 is 0 Å². The van der Waals surface area contributed by atoms with Crippen LogP contribution in [-0.4, -0.2) is 62.7 Å². The zero-order valence-corrected chi connectivity index (χ0v) is 12.0. The summed E-state index contributed by atoms with van der Waals surface area (Å²) in [5, 5.41) is 3.21. The third kappa shape index (κ3) is 5.84. The molecule has 0 saturated carbocycles. The SMILES string of the molecule is CCN1CCCC1CN(C)CCCCCNC. The fourth-order valence-electron chi connectivity index (χ4n) is 2.83. The van der Waals surface area contributed by atoms with Crippen LogP contribution in [0, 0.1) is 0 Å². The van der Waals surface area contributed by atoms with Gasteiger partial charge >= 0.3 is 0 Å². The molecule has 0 aliphatic carbocycles. The van der Waals surface area contributed by atoms with Crippen LogP contribution in [0.25, 0.3) is 0 Å².